The number of amides is 2. The molecule has 1 aliphatic carbocycles. The first-order valence-corrected chi connectivity index (χ1v) is 11.7. The van der Waals surface area contributed by atoms with Crippen molar-refractivity contribution in [3.8, 4) is 11.5 Å². The molecule has 2 aromatic rings. The van der Waals surface area contributed by atoms with Gasteiger partial charge in [0.25, 0.3) is 0 Å². The third-order valence-electron chi connectivity index (χ3n) is 5.89. The molecule has 1 aromatic carbocycles. The Morgan fingerprint density at radius 3 is 2.75 bits per heavy atom. The Bertz CT molecular complexity index is 1080. The second-order valence-corrected chi connectivity index (χ2v) is 8.99. The van der Waals surface area contributed by atoms with Gasteiger partial charge in [-0.2, -0.15) is 0 Å². The summed E-state index contributed by atoms with van der Waals surface area (Å²) < 4.78 is 16.4. The van der Waals surface area contributed by atoms with Crippen LogP contribution in [0.4, 0.5) is 10.7 Å². The third kappa shape index (κ3) is 3.92. The van der Waals surface area contributed by atoms with Crippen LogP contribution in [-0.4, -0.2) is 44.1 Å². The minimum atomic E-state index is -0.516. The number of carbonyl (C=O) groups is 3. The molecule has 0 bridgehead atoms. The van der Waals surface area contributed by atoms with Crippen molar-refractivity contribution in [2.45, 2.75) is 32.1 Å². The third-order valence-corrected chi connectivity index (χ3v) is 6.80. The van der Waals surface area contributed by atoms with Crippen molar-refractivity contribution in [3.05, 3.63) is 34.7 Å². The molecule has 3 aliphatic rings. The lowest BCUT2D eigenvalue weighted by molar-refractivity contribution is -0.122. The number of ether oxygens (including phenoxy) is 3. The molecule has 8 nitrogen and oxygen atoms in total. The zero-order valence-corrected chi connectivity index (χ0v) is 18.5. The summed E-state index contributed by atoms with van der Waals surface area (Å²) >= 11 is 1.34. The molecule has 1 saturated heterocycles. The normalized spacial score (nSPS) is 19.7. The van der Waals surface area contributed by atoms with E-state index in [1.165, 1.54) is 11.3 Å². The zero-order valence-electron chi connectivity index (χ0n) is 17.7. The van der Waals surface area contributed by atoms with Crippen LogP contribution >= 0.6 is 11.3 Å². The molecule has 168 valence electrons. The Morgan fingerprint density at radius 1 is 1.22 bits per heavy atom. The van der Waals surface area contributed by atoms with Gasteiger partial charge in [-0.05, 0) is 48.8 Å². The molecule has 0 spiro atoms. The van der Waals surface area contributed by atoms with E-state index < -0.39 is 11.9 Å². The number of thiophene rings is 1. The van der Waals surface area contributed by atoms with Crippen molar-refractivity contribution in [2.24, 2.45) is 5.92 Å². The van der Waals surface area contributed by atoms with Crippen molar-refractivity contribution < 1.29 is 28.6 Å². The smallest absolute Gasteiger partial charge is 0.341 e. The first-order valence-electron chi connectivity index (χ1n) is 10.8. The molecule has 0 radical (unpaired) electrons. The number of anilines is 2. The van der Waals surface area contributed by atoms with Crippen molar-refractivity contribution in [1.29, 1.82) is 0 Å². The predicted molar refractivity (Wildman–Crippen MR) is 119 cm³/mol. The van der Waals surface area contributed by atoms with E-state index in [2.05, 4.69) is 5.32 Å². The molecule has 1 saturated carbocycles. The number of nitrogens with zero attached hydrogens (tertiary/aromatic N) is 1. The number of hydrogen-bond acceptors (Lipinski definition) is 7. The lowest BCUT2D eigenvalue weighted by Gasteiger charge is -2.22. The van der Waals surface area contributed by atoms with Crippen LogP contribution in [-0.2, 0) is 14.3 Å². The highest BCUT2D eigenvalue weighted by atomic mass is 32.1. The number of fused-ring (bicyclic) bond motifs is 1. The summed E-state index contributed by atoms with van der Waals surface area (Å²) in [6.45, 7) is 3.25. The Morgan fingerprint density at radius 2 is 2.00 bits per heavy atom. The SMILES string of the molecule is CCOC(=O)c1c(C2CC2)csc1NC(=O)[C@H]1CC(=O)N(c2ccc3c(c2)OCCO3)C1. The number of carbonyl (C=O) groups excluding carboxylic acids is 3. The summed E-state index contributed by atoms with van der Waals surface area (Å²) in [4.78, 5) is 39.8. The summed E-state index contributed by atoms with van der Waals surface area (Å²) in [5, 5.41) is 5.32. The first kappa shape index (κ1) is 20.8. The molecule has 2 aliphatic heterocycles. The van der Waals surface area contributed by atoms with E-state index in [0.29, 0.717) is 46.9 Å². The van der Waals surface area contributed by atoms with Gasteiger partial charge in [-0.15, -0.1) is 11.3 Å². The van der Waals surface area contributed by atoms with Gasteiger partial charge in [0.05, 0.1) is 18.1 Å². The van der Waals surface area contributed by atoms with Crippen LogP contribution in [0.3, 0.4) is 0 Å². The van der Waals surface area contributed by atoms with E-state index in [4.69, 9.17) is 14.2 Å². The fourth-order valence-corrected chi connectivity index (χ4v) is 5.15. The molecule has 3 heterocycles. The molecule has 1 aromatic heterocycles. The van der Waals surface area contributed by atoms with Crippen molar-refractivity contribution in [3.63, 3.8) is 0 Å². The number of rotatable bonds is 6. The minimum Gasteiger partial charge on any atom is -0.486 e. The standard InChI is InChI=1S/C23H24N2O6S/c1-2-29-23(28)20-16(13-3-4-13)12-32-22(20)24-21(27)14-9-19(26)25(11-14)15-5-6-17-18(10-15)31-8-7-30-17/h5-6,10,12-14H,2-4,7-9,11H2,1H3,(H,24,27)/t14-/m0/s1. The lowest BCUT2D eigenvalue weighted by atomic mass is 10.1. The van der Waals surface area contributed by atoms with E-state index in [-0.39, 0.29) is 31.4 Å². The van der Waals surface area contributed by atoms with E-state index in [1.54, 1.807) is 30.0 Å². The van der Waals surface area contributed by atoms with Crippen LogP contribution in [0.15, 0.2) is 23.6 Å². The quantitative estimate of drug-likeness (QED) is 0.668. The maximum absolute atomic E-state index is 13.0. The molecule has 2 amide bonds. The van der Waals surface area contributed by atoms with Crippen molar-refractivity contribution in [2.75, 3.05) is 36.6 Å². The van der Waals surface area contributed by atoms with Gasteiger partial charge in [0, 0.05) is 24.7 Å². The van der Waals surface area contributed by atoms with Gasteiger partial charge in [0.1, 0.15) is 18.2 Å². The van der Waals surface area contributed by atoms with Gasteiger partial charge in [0.2, 0.25) is 11.8 Å². The fourth-order valence-electron chi connectivity index (χ4n) is 4.12. The van der Waals surface area contributed by atoms with Gasteiger partial charge >= 0.3 is 5.97 Å². The average Bonchev–Trinajstić information content (AvgIpc) is 3.44. The van der Waals surface area contributed by atoms with Gasteiger partial charge in [0.15, 0.2) is 11.5 Å². The van der Waals surface area contributed by atoms with Crippen LogP contribution in [0.25, 0.3) is 0 Å². The number of hydrogen-bond donors (Lipinski definition) is 1. The zero-order chi connectivity index (χ0) is 22.2. The van der Waals surface area contributed by atoms with E-state index in [1.807, 2.05) is 5.38 Å². The van der Waals surface area contributed by atoms with Crippen LogP contribution in [0.5, 0.6) is 11.5 Å². The summed E-state index contributed by atoms with van der Waals surface area (Å²) in [7, 11) is 0. The maximum Gasteiger partial charge on any atom is 0.341 e. The Hall–Kier alpha value is -3.07. The predicted octanol–water partition coefficient (Wildman–Crippen LogP) is 3.57. The number of nitrogens with one attached hydrogen (secondary N) is 1. The monoisotopic (exact) mass is 456 g/mol. The minimum absolute atomic E-state index is 0.107. The van der Waals surface area contributed by atoms with E-state index in [9.17, 15) is 14.4 Å². The average molecular weight is 457 g/mol. The summed E-state index contributed by atoms with van der Waals surface area (Å²) in [6, 6.07) is 5.35. The molecule has 2 fully saturated rings. The van der Waals surface area contributed by atoms with Crippen molar-refractivity contribution >= 4 is 39.8 Å². The second-order valence-electron chi connectivity index (χ2n) is 8.11. The number of benzene rings is 1. The van der Waals surface area contributed by atoms with E-state index in [0.717, 1.165) is 18.4 Å². The van der Waals surface area contributed by atoms with Crippen LogP contribution in [0.2, 0.25) is 0 Å². The highest BCUT2D eigenvalue weighted by molar-refractivity contribution is 7.15. The van der Waals surface area contributed by atoms with E-state index >= 15 is 0 Å². The molecular weight excluding hydrogens is 432 g/mol. The first-order chi connectivity index (χ1) is 15.5. The van der Waals surface area contributed by atoms with Gasteiger partial charge < -0.3 is 24.4 Å². The summed E-state index contributed by atoms with van der Waals surface area (Å²) in [5.41, 5.74) is 2.08. The largest absolute Gasteiger partial charge is 0.486 e. The molecule has 5 rings (SSSR count). The topological polar surface area (TPSA) is 94.2 Å². The fraction of sp³-hybridized carbons (Fsp3) is 0.435. The van der Waals surface area contributed by atoms with Gasteiger partial charge in [-0.25, -0.2) is 4.79 Å². The summed E-state index contributed by atoms with van der Waals surface area (Å²) in [5.74, 6) is 0.278. The maximum atomic E-state index is 13.0. The van der Waals surface area contributed by atoms with Crippen molar-refractivity contribution in [1.82, 2.24) is 0 Å². The Labute approximate surface area is 189 Å². The second kappa shape index (κ2) is 8.46. The van der Waals surface area contributed by atoms with Gasteiger partial charge in [-0.3, -0.25) is 9.59 Å². The Balaban J connectivity index is 1.31. The van der Waals surface area contributed by atoms with Crippen LogP contribution < -0.4 is 19.7 Å². The highest BCUT2D eigenvalue weighted by Crippen LogP contribution is 2.46. The molecule has 1 atom stereocenters. The van der Waals surface area contributed by atoms with Crippen LogP contribution in [0.1, 0.15) is 48.0 Å². The molecule has 32 heavy (non-hydrogen) atoms. The highest BCUT2D eigenvalue weighted by Gasteiger charge is 2.37. The molecular formula is C23H24N2O6S. The summed E-state index contributed by atoms with van der Waals surface area (Å²) in [6.07, 6.45) is 2.19. The Kier molecular flexibility index (Phi) is 5.50. The number of esters is 1. The molecule has 9 heteroatoms. The van der Waals surface area contributed by atoms with Gasteiger partial charge in [-0.1, -0.05) is 0 Å². The lowest BCUT2D eigenvalue weighted by Crippen LogP contribution is -2.28. The molecule has 1 N–H and O–H groups in total. The van der Waals surface area contributed by atoms with Crippen LogP contribution in [0, 0.1) is 5.92 Å². The molecule has 0 unspecified atom stereocenters.